The number of rotatable bonds is 17. The van der Waals surface area contributed by atoms with Gasteiger partial charge in [-0.2, -0.15) is 0 Å². The summed E-state index contributed by atoms with van der Waals surface area (Å²) in [7, 11) is 0. The molecule has 1 aromatic rings. The van der Waals surface area contributed by atoms with Crippen molar-refractivity contribution >= 4 is 23.1 Å². The molecule has 210 valence electrons. The van der Waals surface area contributed by atoms with Crippen LogP contribution in [0.3, 0.4) is 0 Å². The van der Waals surface area contributed by atoms with Gasteiger partial charge in [0.2, 0.25) is 0 Å². The van der Waals surface area contributed by atoms with Gasteiger partial charge in [0.05, 0.1) is 6.42 Å². The first kappa shape index (κ1) is 31.9. The normalized spacial score (nSPS) is 16.7. The predicted molar refractivity (Wildman–Crippen MR) is 156 cm³/mol. The highest BCUT2D eigenvalue weighted by Gasteiger charge is 2.34. The third kappa shape index (κ3) is 8.58. The highest BCUT2D eigenvalue weighted by atomic mass is 16.1. The lowest BCUT2D eigenvalue weighted by Gasteiger charge is -2.33. The molecule has 3 atom stereocenters. The van der Waals surface area contributed by atoms with E-state index in [4.69, 9.17) is 0 Å². The molecule has 1 aromatic carbocycles. The summed E-state index contributed by atoms with van der Waals surface area (Å²) in [6.45, 7) is 15.8. The summed E-state index contributed by atoms with van der Waals surface area (Å²) in [5, 5.41) is 0. The predicted octanol–water partition coefficient (Wildman–Crippen LogP) is 8.10. The summed E-state index contributed by atoms with van der Waals surface area (Å²) in [6, 6.07) is 2.25. The van der Waals surface area contributed by atoms with Crippen LogP contribution in [0.25, 0.3) is 0 Å². The molecule has 0 N–H and O–H groups in total. The van der Waals surface area contributed by atoms with E-state index in [1.807, 2.05) is 19.9 Å². The van der Waals surface area contributed by atoms with Crippen LogP contribution in [0.2, 0.25) is 0 Å². The first-order valence-corrected chi connectivity index (χ1v) is 14.9. The minimum Gasteiger partial charge on any atom is -0.300 e. The van der Waals surface area contributed by atoms with Gasteiger partial charge in [0.25, 0.3) is 0 Å². The lowest BCUT2D eigenvalue weighted by Crippen LogP contribution is -2.30. The van der Waals surface area contributed by atoms with Gasteiger partial charge < -0.3 is 0 Å². The summed E-state index contributed by atoms with van der Waals surface area (Å²) >= 11 is 0. The fourth-order valence-corrected chi connectivity index (χ4v) is 6.50. The first-order valence-electron chi connectivity index (χ1n) is 14.9. The molecule has 4 nitrogen and oxygen atoms in total. The summed E-state index contributed by atoms with van der Waals surface area (Å²) in [6.07, 6.45) is 10.2. The Morgan fingerprint density at radius 3 is 2.42 bits per heavy atom. The average molecular weight is 523 g/mol. The molecule has 0 spiro atoms. The molecule has 0 fully saturated rings. The van der Waals surface area contributed by atoms with Crippen LogP contribution in [0.4, 0.5) is 0 Å². The monoisotopic (exact) mass is 522 g/mol. The number of carbonyl (C=O) groups excluding carboxylic acids is 4. The average Bonchev–Trinajstić information content (AvgIpc) is 2.83. The molecule has 0 aliphatic heterocycles. The van der Waals surface area contributed by atoms with Gasteiger partial charge in [0.15, 0.2) is 5.78 Å². The van der Waals surface area contributed by atoms with E-state index < -0.39 is 0 Å². The quantitative estimate of drug-likeness (QED) is 0.118. The molecular formula is C34H50O4. The number of fused-ring (bicyclic) bond motifs is 1. The van der Waals surface area contributed by atoms with Gasteiger partial charge in [-0.25, -0.2) is 0 Å². The van der Waals surface area contributed by atoms with E-state index in [9.17, 15) is 19.2 Å². The maximum Gasteiger partial charge on any atom is 0.163 e. The molecule has 38 heavy (non-hydrogen) atoms. The molecule has 0 radical (unpaired) electrons. The number of carbonyl (C=O) groups is 4. The molecule has 4 heteroatoms. The Kier molecular flexibility index (Phi) is 12.8. The first-order chi connectivity index (χ1) is 18.0. The van der Waals surface area contributed by atoms with Gasteiger partial charge >= 0.3 is 0 Å². The second kappa shape index (κ2) is 15.3. The van der Waals surface area contributed by atoms with E-state index in [-0.39, 0.29) is 53.2 Å². The van der Waals surface area contributed by atoms with Gasteiger partial charge in [-0.05, 0) is 92.4 Å². The summed E-state index contributed by atoms with van der Waals surface area (Å²) < 4.78 is 0. The zero-order chi connectivity index (χ0) is 28.4. The Labute approximate surface area is 231 Å². The highest BCUT2D eigenvalue weighted by Crippen LogP contribution is 2.40. The molecule has 0 aromatic heterocycles. The molecule has 2 rings (SSSR count). The molecule has 1 aliphatic rings. The van der Waals surface area contributed by atoms with Gasteiger partial charge in [-0.3, -0.25) is 19.2 Å². The topological polar surface area (TPSA) is 68.3 Å². The molecule has 0 bridgehead atoms. The third-order valence-corrected chi connectivity index (χ3v) is 8.38. The summed E-state index contributed by atoms with van der Waals surface area (Å²) in [4.78, 5) is 50.6. The van der Waals surface area contributed by atoms with E-state index >= 15 is 0 Å². The smallest absolute Gasteiger partial charge is 0.163 e. The van der Waals surface area contributed by atoms with Gasteiger partial charge in [0.1, 0.15) is 17.3 Å². The number of ketones is 4. The molecule has 0 saturated heterocycles. The van der Waals surface area contributed by atoms with Crippen LogP contribution in [-0.4, -0.2) is 23.1 Å². The SMILES string of the molecule is C=CCCCC(=O)CCc1cc(C(C)C)c2c(c1C)C(=O)CC(CC(CCC)C(CC)C(=O)CC(C)=O)C2. The van der Waals surface area contributed by atoms with Gasteiger partial charge in [-0.15, -0.1) is 6.58 Å². The van der Waals surface area contributed by atoms with Crippen LogP contribution < -0.4 is 0 Å². The second-order valence-electron chi connectivity index (χ2n) is 11.8. The van der Waals surface area contributed by atoms with E-state index in [1.165, 1.54) is 18.1 Å². The van der Waals surface area contributed by atoms with Crippen molar-refractivity contribution in [1.82, 2.24) is 0 Å². The maximum absolute atomic E-state index is 13.6. The lowest BCUT2D eigenvalue weighted by molar-refractivity contribution is -0.130. The Morgan fingerprint density at radius 2 is 1.84 bits per heavy atom. The Morgan fingerprint density at radius 1 is 1.13 bits per heavy atom. The van der Waals surface area contributed by atoms with Crippen LogP contribution in [0.5, 0.6) is 0 Å². The summed E-state index contributed by atoms with van der Waals surface area (Å²) in [5.74, 6) is 1.03. The van der Waals surface area contributed by atoms with Crippen molar-refractivity contribution in [3.05, 3.63) is 46.5 Å². The largest absolute Gasteiger partial charge is 0.300 e. The van der Waals surface area contributed by atoms with Crippen LogP contribution in [-0.2, 0) is 27.2 Å². The fourth-order valence-electron chi connectivity index (χ4n) is 6.50. The van der Waals surface area contributed by atoms with Crippen molar-refractivity contribution in [1.29, 1.82) is 0 Å². The third-order valence-electron chi connectivity index (χ3n) is 8.38. The van der Waals surface area contributed by atoms with Crippen molar-refractivity contribution in [3.63, 3.8) is 0 Å². The maximum atomic E-state index is 13.6. The molecular weight excluding hydrogens is 472 g/mol. The lowest BCUT2D eigenvalue weighted by atomic mass is 9.70. The Hall–Kier alpha value is -2.36. The van der Waals surface area contributed by atoms with Crippen LogP contribution in [0.15, 0.2) is 18.7 Å². The Balaban J connectivity index is 2.30. The van der Waals surface area contributed by atoms with Crippen LogP contribution >= 0.6 is 0 Å². The molecule has 0 saturated carbocycles. The van der Waals surface area contributed by atoms with E-state index in [0.29, 0.717) is 25.7 Å². The number of hydrogen-bond donors (Lipinski definition) is 0. The van der Waals surface area contributed by atoms with Gasteiger partial charge in [0, 0.05) is 30.7 Å². The number of allylic oxidation sites excluding steroid dienone is 1. The number of aryl methyl sites for hydroxylation is 1. The van der Waals surface area contributed by atoms with E-state index in [1.54, 1.807) is 0 Å². The van der Waals surface area contributed by atoms with Crippen molar-refractivity contribution in [2.75, 3.05) is 0 Å². The molecule has 3 unspecified atom stereocenters. The van der Waals surface area contributed by atoms with Crippen LogP contribution in [0, 0.1) is 24.7 Å². The highest BCUT2D eigenvalue weighted by molar-refractivity contribution is 6.01. The molecule has 0 amide bonds. The standard InChI is InChI=1S/C34H50O4/c1-8-11-12-14-28(36)16-15-26-21-30(22(4)5)31-19-25(20-33(38)34(31)24(26)7)18-27(13-9-2)29(10-3)32(37)17-23(6)35/h8,21-22,25,27,29H,1,9-20H2,2-7H3. The second-order valence-corrected chi connectivity index (χ2v) is 11.8. The number of benzene rings is 1. The van der Waals surface area contributed by atoms with Gasteiger partial charge in [-0.1, -0.05) is 52.7 Å². The van der Waals surface area contributed by atoms with E-state index in [2.05, 4.69) is 33.4 Å². The van der Waals surface area contributed by atoms with Crippen molar-refractivity contribution in [2.24, 2.45) is 17.8 Å². The zero-order valence-electron chi connectivity index (χ0n) is 24.8. The number of unbranched alkanes of at least 4 members (excludes halogenated alkanes) is 1. The summed E-state index contributed by atoms with van der Waals surface area (Å²) in [5.41, 5.74) is 5.46. The number of hydrogen-bond acceptors (Lipinski definition) is 4. The minimum absolute atomic E-state index is 0.0153. The fraction of sp³-hybridized carbons (Fsp3) is 0.647. The number of Topliss-reactive ketones (excluding diaryl/α,β-unsaturated/α-hetero) is 4. The van der Waals surface area contributed by atoms with Crippen molar-refractivity contribution in [3.8, 4) is 0 Å². The molecule has 0 heterocycles. The zero-order valence-corrected chi connectivity index (χ0v) is 24.8. The van der Waals surface area contributed by atoms with Crippen molar-refractivity contribution < 1.29 is 19.2 Å². The molecule has 1 aliphatic carbocycles. The van der Waals surface area contributed by atoms with Crippen molar-refractivity contribution in [2.45, 2.75) is 125 Å². The van der Waals surface area contributed by atoms with E-state index in [0.717, 1.165) is 61.6 Å². The minimum atomic E-state index is -0.118. The Bertz CT molecular complexity index is 1020. The van der Waals surface area contributed by atoms with Crippen LogP contribution in [0.1, 0.15) is 137 Å².